The van der Waals surface area contributed by atoms with Crippen LogP contribution in [0.2, 0.25) is 0 Å². The van der Waals surface area contributed by atoms with Gasteiger partial charge in [0.05, 0.1) is 17.6 Å². The molecule has 48 heavy (non-hydrogen) atoms. The van der Waals surface area contributed by atoms with Gasteiger partial charge in [0.1, 0.15) is 17.5 Å². The molecule has 0 aliphatic heterocycles. The number of phenolic OH excluding ortho intramolecular Hbond substituents is 1. The quantitative estimate of drug-likeness (QED) is 0.359. The lowest BCUT2D eigenvalue weighted by molar-refractivity contribution is -0.240. The van der Waals surface area contributed by atoms with Crippen LogP contribution >= 0.6 is 0 Å². The number of carbonyl (C=O) groups is 5. The molecule has 3 unspecified atom stereocenters. The molecule has 4 aliphatic rings. The van der Waals surface area contributed by atoms with Crippen LogP contribution in [-0.2, 0) is 32.0 Å². The van der Waals surface area contributed by atoms with Crippen LogP contribution in [0.5, 0.6) is 5.75 Å². The first-order valence-electron chi connectivity index (χ1n) is 17.5. The van der Waals surface area contributed by atoms with Crippen molar-refractivity contribution < 1.29 is 39.3 Å². The Balaban J connectivity index is 1.35. The fraction of sp³-hybridized carbons (Fsp3) is 0.575. The molecule has 8 heteroatoms. The molecule has 3 fully saturated rings. The topological polar surface area (TPSA) is 146 Å². The molecule has 2 aromatic rings. The maximum Gasteiger partial charge on any atom is 0.191 e. The second kappa shape index (κ2) is 11.8. The average Bonchev–Trinajstić information content (AvgIpc) is 3.03. The number of hydrogen-bond acceptors (Lipinski definition) is 8. The van der Waals surface area contributed by atoms with E-state index in [4.69, 9.17) is 0 Å². The van der Waals surface area contributed by atoms with Crippen LogP contribution in [0.4, 0.5) is 0 Å². The Morgan fingerprint density at radius 2 is 1.48 bits per heavy atom. The molecular weight excluding hydrogens is 608 g/mol. The van der Waals surface area contributed by atoms with Gasteiger partial charge in [0, 0.05) is 16.7 Å². The molecule has 6 rings (SSSR count). The van der Waals surface area contributed by atoms with E-state index in [1.165, 1.54) is 12.5 Å². The fourth-order valence-corrected chi connectivity index (χ4v) is 10.5. The number of hydrogen-bond donors (Lipinski definition) is 3. The van der Waals surface area contributed by atoms with Crippen molar-refractivity contribution in [3.05, 3.63) is 64.7 Å². The second-order valence-electron chi connectivity index (χ2n) is 16.0. The van der Waals surface area contributed by atoms with Gasteiger partial charge in [-0.25, -0.2) is 0 Å². The Morgan fingerprint density at radius 1 is 0.896 bits per heavy atom. The lowest BCUT2D eigenvalue weighted by Crippen LogP contribution is -2.81. The number of aromatic hydroxyl groups is 1. The van der Waals surface area contributed by atoms with Gasteiger partial charge in [0.25, 0.3) is 0 Å². The van der Waals surface area contributed by atoms with E-state index >= 15 is 0 Å². The number of benzene rings is 2. The van der Waals surface area contributed by atoms with Gasteiger partial charge >= 0.3 is 0 Å². The molecule has 8 atom stereocenters. The summed E-state index contributed by atoms with van der Waals surface area (Å²) in [7, 11) is 0. The number of phenols is 1. The van der Waals surface area contributed by atoms with Crippen molar-refractivity contribution in [2.24, 2.45) is 46.3 Å². The number of Topliss-reactive ketones (excluding diaryl/α,β-unsaturated/α-hetero) is 5. The van der Waals surface area contributed by atoms with Crippen LogP contribution < -0.4 is 0 Å². The summed E-state index contributed by atoms with van der Waals surface area (Å²) in [5.41, 5.74) is -4.10. The van der Waals surface area contributed by atoms with Gasteiger partial charge in [0.15, 0.2) is 28.7 Å². The first-order valence-corrected chi connectivity index (χ1v) is 17.5. The summed E-state index contributed by atoms with van der Waals surface area (Å²) < 4.78 is 0. The monoisotopic (exact) mass is 656 g/mol. The molecular formula is C40H48O8. The number of aliphatic hydroxyl groups is 2. The third-order valence-electron chi connectivity index (χ3n) is 13.2. The molecule has 8 nitrogen and oxygen atoms in total. The lowest BCUT2D eigenvalue weighted by atomic mass is 9.37. The van der Waals surface area contributed by atoms with Gasteiger partial charge < -0.3 is 15.3 Å². The second-order valence-corrected chi connectivity index (χ2v) is 16.0. The molecule has 4 aliphatic carbocycles. The zero-order valence-corrected chi connectivity index (χ0v) is 28.8. The van der Waals surface area contributed by atoms with E-state index in [2.05, 4.69) is 24.3 Å². The lowest BCUT2D eigenvalue weighted by Gasteiger charge is -2.65. The molecule has 0 aromatic heterocycles. The van der Waals surface area contributed by atoms with E-state index in [0.29, 0.717) is 29.4 Å². The maximum absolute atomic E-state index is 14.7. The summed E-state index contributed by atoms with van der Waals surface area (Å²) in [6, 6.07) is 14.1. The highest BCUT2D eigenvalue weighted by Crippen LogP contribution is 2.66. The third-order valence-corrected chi connectivity index (χ3v) is 13.2. The Hall–Kier alpha value is -3.49. The highest BCUT2D eigenvalue weighted by Gasteiger charge is 2.80. The van der Waals surface area contributed by atoms with Gasteiger partial charge in [-0.05, 0) is 85.8 Å². The van der Waals surface area contributed by atoms with Crippen molar-refractivity contribution in [1.29, 1.82) is 0 Å². The highest BCUT2D eigenvalue weighted by molar-refractivity contribution is 6.33. The summed E-state index contributed by atoms with van der Waals surface area (Å²) in [5, 5.41) is 36.3. The molecule has 0 spiro atoms. The van der Waals surface area contributed by atoms with E-state index in [1.807, 2.05) is 12.1 Å². The van der Waals surface area contributed by atoms with Crippen molar-refractivity contribution >= 4 is 28.9 Å². The van der Waals surface area contributed by atoms with E-state index in [1.54, 1.807) is 33.8 Å². The van der Waals surface area contributed by atoms with Gasteiger partial charge in [-0.1, -0.05) is 77.1 Å². The number of fused-ring (bicyclic) bond motifs is 3. The smallest absolute Gasteiger partial charge is 0.191 e. The number of aliphatic hydroxyl groups excluding tert-OH is 1. The first-order chi connectivity index (χ1) is 22.5. The van der Waals surface area contributed by atoms with Gasteiger partial charge in [-0.3, -0.25) is 24.0 Å². The standard InChI is InChI=1S/C40H48O8/c1-20(2)30-33(43)28(22(4)41)35(45)40(48)36(46)31-34(44)29-27(21(3)38(31,5)37(47)39(30,40)6)17-16-26(32(29)42)19-25-14-12-24(13-15-25)18-23-10-8-7-9-11-23/h7-11,16-17,20-21,24-25,28,30-31,37,42,47-48H,12-15,18-19H2,1-6H3/t21-,24?,25?,28?,30?,31?,37-,38+,39+,40+/m1/s1. The van der Waals surface area contributed by atoms with Crippen LogP contribution in [0, 0.1) is 46.3 Å². The van der Waals surface area contributed by atoms with Crippen molar-refractivity contribution in [2.45, 2.75) is 97.7 Å². The maximum atomic E-state index is 14.7. The largest absolute Gasteiger partial charge is 0.507 e. The van der Waals surface area contributed by atoms with Gasteiger partial charge in [-0.2, -0.15) is 0 Å². The molecule has 3 saturated carbocycles. The predicted octanol–water partition coefficient (Wildman–Crippen LogP) is 5.22. The van der Waals surface area contributed by atoms with Gasteiger partial charge in [0.2, 0.25) is 0 Å². The van der Waals surface area contributed by atoms with Crippen molar-refractivity contribution in [1.82, 2.24) is 0 Å². The summed E-state index contributed by atoms with van der Waals surface area (Å²) in [5.74, 6) is -9.96. The molecule has 0 radical (unpaired) electrons. The minimum Gasteiger partial charge on any atom is -0.507 e. The normalized spacial score (nSPS) is 38.0. The summed E-state index contributed by atoms with van der Waals surface area (Å²) >= 11 is 0. The van der Waals surface area contributed by atoms with Crippen LogP contribution in [0.25, 0.3) is 0 Å². The van der Waals surface area contributed by atoms with Crippen LogP contribution in [0.3, 0.4) is 0 Å². The van der Waals surface area contributed by atoms with Gasteiger partial charge in [-0.15, -0.1) is 0 Å². The molecule has 2 aromatic carbocycles. The minimum atomic E-state index is -2.96. The number of carbonyl (C=O) groups excluding carboxylic acids is 5. The van der Waals surface area contributed by atoms with Crippen molar-refractivity contribution in [2.75, 3.05) is 0 Å². The molecule has 0 heterocycles. The fourth-order valence-electron chi connectivity index (χ4n) is 10.5. The minimum absolute atomic E-state index is 0.0177. The number of rotatable bonds is 6. The molecule has 0 amide bonds. The molecule has 0 saturated heterocycles. The number of ketones is 5. The van der Waals surface area contributed by atoms with Crippen LogP contribution in [0.15, 0.2) is 42.5 Å². The first kappa shape index (κ1) is 34.4. The van der Waals surface area contributed by atoms with Crippen LogP contribution in [-0.4, -0.2) is 55.9 Å². The summed E-state index contributed by atoms with van der Waals surface area (Å²) in [6.45, 7) is 9.18. The van der Waals surface area contributed by atoms with Crippen LogP contribution in [0.1, 0.15) is 100 Å². The average molecular weight is 657 g/mol. The third kappa shape index (κ3) is 4.58. The van der Waals surface area contributed by atoms with E-state index in [-0.39, 0.29) is 11.3 Å². The highest BCUT2D eigenvalue weighted by atomic mass is 16.3. The molecule has 256 valence electrons. The van der Waals surface area contributed by atoms with Crippen molar-refractivity contribution in [3.8, 4) is 5.75 Å². The predicted molar refractivity (Wildman–Crippen MR) is 178 cm³/mol. The summed E-state index contributed by atoms with van der Waals surface area (Å²) in [6.07, 6.45) is 4.06. The molecule has 0 bridgehead atoms. The van der Waals surface area contributed by atoms with E-state index < -0.39 is 81.0 Å². The van der Waals surface area contributed by atoms with Crippen molar-refractivity contribution in [3.63, 3.8) is 0 Å². The Morgan fingerprint density at radius 3 is 2.04 bits per heavy atom. The Labute approximate surface area is 282 Å². The zero-order valence-electron chi connectivity index (χ0n) is 28.8. The molecule has 3 N–H and O–H groups in total. The Bertz CT molecular complexity index is 1690. The summed E-state index contributed by atoms with van der Waals surface area (Å²) in [4.78, 5) is 69.5. The Kier molecular flexibility index (Phi) is 8.48. The van der Waals surface area contributed by atoms with E-state index in [0.717, 1.165) is 39.0 Å². The van der Waals surface area contributed by atoms with E-state index in [9.17, 15) is 39.3 Å². The SMILES string of the molecule is CC(=O)C1C(=O)C(C(C)C)[C@@]2(C)[C@H](O)[C@]3(C)C(C(=O)c4c(ccc(CC5CCC(Cc6ccccc6)CC5)c4O)[C@H]3C)C(=O)[C@@]2(O)C1=O. The zero-order chi connectivity index (χ0) is 35.1.